The lowest BCUT2D eigenvalue weighted by Crippen LogP contribution is -2.37. The van der Waals surface area contributed by atoms with Crippen LogP contribution in [0.1, 0.15) is 26.3 Å². The van der Waals surface area contributed by atoms with Crippen LogP contribution in [0.5, 0.6) is 5.75 Å². The highest BCUT2D eigenvalue weighted by Gasteiger charge is 2.24. The number of sulfonamides is 1. The number of hydrazine groups is 1. The van der Waals surface area contributed by atoms with Crippen LogP contribution in [0.2, 0.25) is 0 Å². The molecule has 1 aromatic rings. The van der Waals surface area contributed by atoms with Gasteiger partial charge in [0.25, 0.3) is 0 Å². The van der Waals surface area contributed by atoms with Gasteiger partial charge in [-0.2, -0.15) is 0 Å². The van der Waals surface area contributed by atoms with E-state index in [0.717, 1.165) is 11.8 Å². The quantitative estimate of drug-likeness (QED) is 0.494. The van der Waals surface area contributed by atoms with Crippen LogP contribution in [0.15, 0.2) is 12.1 Å². The minimum absolute atomic E-state index is 0.187. The molecule has 0 amide bonds. The molecule has 0 spiro atoms. The molecule has 4 N–H and O–H groups in total. The Hall–Kier alpha value is -1.47. The Labute approximate surface area is 114 Å². The van der Waals surface area contributed by atoms with Gasteiger partial charge in [-0.25, -0.2) is 18.7 Å². The van der Waals surface area contributed by atoms with Crippen molar-refractivity contribution in [1.29, 1.82) is 0 Å². The van der Waals surface area contributed by atoms with Crippen molar-refractivity contribution in [3.63, 3.8) is 0 Å². The molecule has 108 valence electrons. The number of methoxy groups -OCH3 is 1. The van der Waals surface area contributed by atoms with E-state index in [4.69, 9.17) is 16.3 Å². The zero-order chi connectivity index (χ0) is 15.0. The minimum Gasteiger partial charge on any atom is -0.492 e. The van der Waals surface area contributed by atoms with Crippen molar-refractivity contribution in [3.05, 3.63) is 17.7 Å². The molecule has 1 rings (SSSR count). The maximum atomic E-state index is 11.6. The Morgan fingerprint density at radius 3 is 2.16 bits per heavy atom. The first-order chi connectivity index (χ1) is 8.48. The number of ether oxygens (including phenoxy) is 1. The number of hydrogen-bond acceptors (Lipinski definition) is 5. The SMILES string of the molecule is COc1c(N)cc(C(C)(C)C)cc1N(N)S(C)(=O)=O. The lowest BCUT2D eigenvalue weighted by molar-refractivity contribution is 0.417. The first kappa shape index (κ1) is 15.6. The van der Waals surface area contributed by atoms with E-state index in [-0.39, 0.29) is 16.9 Å². The number of nitrogens with zero attached hydrogens (tertiary/aromatic N) is 1. The maximum absolute atomic E-state index is 11.6. The van der Waals surface area contributed by atoms with Gasteiger partial charge in [-0.15, -0.1) is 0 Å². The smallest absolute Gasteiger partial charge is 0.245 e. The number of nitrogens with two attached hydrogens (primary N) is 2. The molecule has 0 radical (unpaired) electrons. The van der Waals surface area contributed by atoms with Gasteiger partial charge in [-0.3, -0.25) is 0 Å². The number of benzene rings is 1. The first-order valence-corrected chi connectivity index (χ1v) is 7.56. The third-order valence-corrected chi connectivity index (χ3v) is 3.67. The maximum Gasteiger partial charge on any atom is 0.245 e. The Balaban J connectivity index is 3.57. The van der Waals surface area contributed by atoms with E-state index in [1.807, 2.05) is 20.8 Å². The lowest BCUT2D eigenvalue weighted by atomic mass is 9.86. The molecule has 6 nitrogen and oxygen atoms in total. The highest BCUT2D eigenvalue weighted by Crippen LogP contribution is 2.38. The molecule has 0 unspecified atom stereocenters. The molecule has 0 aliphatic carbocycles. The second-order valence-corrected chi connectivity index (χ2v) is 7.29. The first-order valence-electron chi connectivity index (χ1n) is 5.71. The number of rotatable bonds is 3. The third kappa shape index (κ3) is 3.30. The summed E-state index contributed by atoms with van der Waals surface area (Å²) in [7, 11) is -2.17. The number of nitrogen functional groups attached to an aromatic ring is 1. The van der Waals surface area contributed by atoms with Gasteiger partial charge >= 0.3 is 0 Å². The lowest BCUT2D eigenvalue weighted by Gasteiger charge is -2.25. The standard InChI is InChI=1S/C12H21N3O3S/c1-12(2,3)8-6-9(13)11(18-4)10(7-8)15(14)19(5,16)17/h6-7H,13-14H2,1-5H3. The zero-order valence-electron chi connectivity index (χ0n) is 11.9. The Kier molecular flexibility index (Phi) is 4.02. The van der Waals surface area contributed by atoms with E-state index < -0.39 is 10.0 Å². The molecule has 0 heterocycles. The van der Waals surface area contributed by atoms with Crippen LogP contribution in [-0.2, 0) is 15.4 Å². The van der Waals surface area contributed by atoms with Crippen LogP contribution < -0.4 is 20.7 Å². The summed E-state index contributed by atoms with van der Waals surface area (Å²) in [5, 5.41) is 0. The average molecular weight is 287 g/mol. The predicted molar refractivity (Wildman–Crippen MR) is 77.6 cm³/mol. The fourth-order valence-corrected chi connectivity index (χ4v) is 2.13. The van der Waals surface area contributed by atoms with Crippen LogP contribution >= 0.6 is 0 Å². The summed E-state index contributed by atoms with van der Waals surface area (Å²) in [6.07, 6.45) is 1.02. The van der Waals surface area contributed by atoms with E-state index >= 15 is 0 Å². The van der Waals surface area contributed by atoms with E-state index in [9.17, 15) is 8.42 Å². The van der Waals surface area contributed by atoms with Crippen molar-refractivity contribution in [1.82, 2.24) is 0 Å². The fourth-order valence-electron chi connectivity index (χ4n) is 1.63. The molecule has 0 atom stereocenters. The third-order valence-electron chi connectivity index (χ3n) is 2.76. The monoisotopic (exact) mass is 287 g/mol. The van der Waals surface area contributed by atoms with Crippen LogP contribution in [0.4, 0.5) is 11.4 Å². The topological polar surface area (TPSA) is 98.7 Å². The van der Waals surface area contributed by atoms with Gasteiger partial charge in [-0.05, 0) is 23.1 Å². The summed E-state index contributed by atoms with van der Waals surface area (Å²) in [4.78, 5) is 0. The molecule has 0 aromatic heterocycles. The molecule has 0 saturated carbocycles. The zero-order valence-corrected chi connectivity index (χ0v) is 12.7. The molecule has 1 aromatic carbocycles. The molecule has 0 aliphatic rings. The number of hydrogen-bond donors (Lipinski definition) is 2. The van der Waals surface area contributed by atoms with E-state index in [1.165, 1.54) is 7.11 Å². The summed E-state index contributed by atoms with van der Waals surface area (Å²) in [5.74, 6) is 5.89. The summed E-state index contributed by atoms with van der Waals surface area (Å²) >= 11 is 0. The van der Waals surface area contributed by atoms with Crippen LogP contribution in [0, 0.1) is 0 Å². The van der Waals surface area contributed by atoms with Gasteiger partial charge in [0.05, 0.1) is 19.1 Å². The molecular formula is C12H21N3O3S. The molecule has 7 heteroatoms. The molecule has 0 fully saturated rings. The van der Waals surface area contributed by atoms with Gasteiger partial charge in [0.15, 0.2) is 5.75 Å². The molecule has 0 bridgehead atoms. The van der Waals surface area contributed by atoms with Crippen molar-refractivity contribution >= 4 is 21.4 Å². The summed E-state index contributed by atoms with van der Waals surface area (Å²) in [5.41, 5.74) is 7.18. The van der Waals surface area contributed by atoms with Gasteiger partial charge in [0.2, 0.25) is 10.0 Å². The van der Waals surface area contributed by atoms with Crippen LogP contribution in [0.3, 0.4) is 0 Å². The second kappa shape index (κ2) is 4.90. The normalized spacial score (nSPS) is 12.3. The molecule has 19 heavy (non-hydrogen) atoms. The summed E-state index contributed by atoms with van der Waals surface area (Å²) < 4.78 is 29.0. The Morgan fingerprint density at radius 2 is 1.79 bits per heavy atom. The molecule has 0 aliphatic heterocycles. The van der Waals surface area contributed by atoms with Gasteiger partial charge in [-0.1, -0.05) is 20.8 Å². The highest BCUT2D eigenvalue weighted by molar-refractivity contribution is 7.92. The van der Waals surface area contributed by atoms with Crippen molar-refractivity contribution in [2.75, 3.05) is 23.5 Å². The van der Waals surface area contributed by atoms with Crippen molar-refractivity contribution in [3.8, 4) is 5.75 Å². The Morgan fingerprint density at radius 1 is 1.26 bits per heavy atom. The predicted octanol–water partition coefficient (Wildman–Crippen LogP) is 1.21. The summed E-state index contributed by atoms with van der Waals surface area (Å²) in [6, 6.07) is 3.44. The Bertz CT molecular complexity index is 577. The molecular weight excluding hydrogens is 266 g/mol. The molecule has 0 saturated heterocycles. The van der Waals surface area contributed by atoms with Gasteiger partial charge < -0.3 is 10.5 Å². The van der Waals surface area contributed by atoms with E-state index in [0.29, 0.717) is 10.1 Å². The second-order valence-electron chi connectivity index (χ2n) is 5.43. The fraction of sp³-hybridized carbons (Fsp3) is 0.500. The highest BCUT2D eigenvalue weighted by atomic mass is 32.2. The van der Waals surface area contributed by atoms with Gasteiger partial charge in [0.1, 0.15) is 5.69 Å². The summed E-state index contributed by atoms with van der Waals surface area (Å²) in [6.45, 7) is 6.00. The number of anilines is 2. The van der Waals surface area contributed by atoms with Crippen molar-refractivity contribution < 1.29 is 13.2 Å². The van der Waals surface area contributed by atoms with Crippen molar-refractivity contribution in [2.45, 2.75) is 26.2 Å². The van der Waals surface area contributed by atoms with Crippen LogP contribution in [0.25, 0.3) is 0 Å². The largest absolute Gasteiger partial charge is 0.492 e. The van der Waals surface area contributed by atoms with Crippen molar-refractivity contribution in [2.24, 2.45) is 5.84 Å². The van der Waals surface area contributed by atoms with Crippen LogP contribution in [-0.4, -0.2) is 21.8 Å². The van der Waals surface area contributed by atoms with E-state index in [2.05, 4.69) is 0 Å². The average Bonchev–Trinajstić information content (AvgIpc) is 2.24. The van der Waals surface area contributed by atoms with Gasteiger partial charge in [0, 0.05) is 0 Å². The minimum atomic E-state index is -3.59. The van der Waals surface area contributed by atoms with E-state index in [1.54, 1.807) is 12.1 Å².